The second-order valence-electron chi connectivity index (χ2n) is 15.9. The summed E-state index contributed by atoms with van der Waals surface area (Å²) in [4.78, 5) is 0. The third-order valence-corrected chi connectivity index (χ3v) is 12.5. The lowest BCUT2D eigenvalue weighted by atomic mass is 9.80. The minimum Gasteiger partial charge on any atom is -0.456 e. The number of hydrogen-bond acceptors (Lipinski definition) is 1. The molecule has 0 amide bonds. The summed E-state index contributed by atoms with van der Waals surface area (Å²) in [6.45, 7) is 0. The molecule has 0 atom stereocenters. The normalized spacial score (nSPS) is 11.6. The Balaban J connectivity index is 1.18. The number of benzene rings is 11. The summed E-state index contributed by atoms with van der Waals surface area (Å²) in [5.74, 6) is 0. The quantitative estimate of drug-likeness (QED) is 0.153. The fourth-order valence-corrected chi connectivity index (χ4v) is 9.77. The summed E-state index contributed by atoms with van der Waals surface area (Å²) >= 11 is 0. The van der Waals surface area contributed by atoms with Gasteiger partial charge in [-0.3, -0.25) is 0 Å². The lowest BCUT2D eigenvalue weighted by Gasteiger charge is -2.23. The average molecular weight is 775 g/mol. The topological polar surface area (TPSA) is 13.1 Å². The highest BCUT2D eigenvalue weighted by atomic mass is 16.3. The van der Waals surface area contributed by atoms with Crippen LogP contribution in [-0.2, 0) is 0 Å². The van der Waals surface area contributed by atoms with Crippen molar-refractivity contribution in [3.63, 3.8) is 0 Å². The van der Waals surface area contributed by atoms with E-state index in [1.807, 2.05) is 6.07 Å². The van der Waals surface area contributed by atoms with E-state index in [4.69, 9.17) is 4.42 Å². The Bertz CT molecular complexity index is 3570. The van der Waals surface area contributed by atoms with Gasteiger partial charge in [-0.1, -0.05) is 206 Å². The number of para-hydroxylation sites is 1. The molecule has 12 rings (SSSR count). The van der Waals surface area contributed by atoms with E-state index in [0.29, 0.717) is 0 Å². The largest absolute Gasteiger partial charge is 0.456 e. The maximum atomic E-state index is 6.34. The molecule has 0 radical (unpaired) electrons. The monoisotopic (exact) mass is 774 g/mol. The second-order valence-corrected chi connectivity index (χ2v) is 15.9. The Morgan fingerprint density at radius 3 is 1.33 bits per heavy atom. The van der Waals surface area contributed by atoms with Crippen LogP contribution in [0.5, 0.6) is 0 Å². The van der Waals surface area contributed by atoms with Crippen molar-refractivity contribution in [1.82, 2.24) is 0 Å². The van der Waals surface area contributed by atoms with Crippen LogP contribution in [0.25, 0.3) is 121 Å². The number of fused-ring (bicyclic) bond motifs is 6. The van der Waals surface area contributed by atoms with Crippen LogP contribution < -0.4 is 0 Å². The van der Waals surface area contributed by atoms with Crippen molar-refractivity contribution < 1.29 is 4.42 Å². The molecule has 0 fully saturated rings. The Labute approximate surface area is 354 Å². The van der Waals surface area contributed by atoms with Crippen molar-refractivity contribution in [3.05, 3.63) is 231 Å². The molecule has 0 aliphatic carbocycles. The molecule has 0 unspecified atom stereocenters. The molecule has 0 aliphatic rings. The molecule has 0 saturated carbocycles. The van der Waals surface area contributed by atoms with E-state index >= 15 is 0 Å². The van der Waals surface area contributed by atoms with Crippen LogP contribution in [-0.4, -0.2) is 0 Å². The van der Waals surface area contributed by atoms with E-state index in [-0.39, 0.29) is 0 Å². The molecular weight excluding hydrogens is 737 g/mol. The molecule has 0 spiro atoms. The van der Waals surface area contributed by atoms with E-state index in [1.54, 1.807) is 0 Å². The molecular formula is C60H38O. The summed E-state index contributed by atoms with van der Waals surface area (Å²) in [5.41, 5.74) is 16.3. The van der Waals surface area contributed by atoms with E-state index in [0.717, 1.165) is 27.5 Å². The van der Waals surface area contributed by atoms with Gasteiger partial charge in [0.2, 0.25) is 0 Å². The highest BCUT2D eigenvalue weighted by Gasteiger charge is 2.24. The zero-order chi connectivity index (χ0) is 40.3. The molecule has 284 valence electrons. The minimum atomic E-state index is 0.893. The molecule has 0 aliphatic heterocycles. The summed E-state index contributed by atoms with van der Waals surface area (Å²) in [6.07, 6.45) is 0. The van der Waals surface area contributed by atoms with Gasteiger partial charge in [-0.25, -0.2) is 0 Å². The first-order valence-electron chi connectivity index (χ1n) is 21.0. The molecule has 1 aromatic heterocycles. The third kappa shape index (κ3) is 5.78. The SMILES string of the molecule is c1ccc(-c2cccc(-c3cccc(-c4ccc5oc6ccccc6c5c4)c3-c3c4ccccc4c(-c4ccc(-c5ccccc5)c5ccccc45)c4ccccc34)c2)cc1. The zero-order valence-electron chi connectivity index (χ0n) is 33.3. The number of hydrogen-bond donors (Lipinski definition) is 0. The molecule has 0 N–H and O–H groups in total. The summed E-state index contributed by atoms with van der Waals surface area (Å²) in [5, 5.41) is 9.62. The van der Waals surface area contributed by atoms with Gasteiger partial charge in [0.1, 0.15) is 11.2 Å². The van der Waals surface area contributed by atoms with Gasteiger partial charge >= 0.3 is 0 Å². The molecule has 11 aromatic carbocycles. The van der Waals surface area contributed by atoms with Crippen LogP contribution in [0, 0.1) is 0 Å². The summed E-state index contributed by atoms with van der Waals surface area (Å²) in [7, 11) is 0. The van der Waals surface area contributed by atoms with Gasteiger partial charge in [0.25, 0.3) is 0 Å². The smallest absolute Gasteiger partial charge is 0.135 e. The molecule has 0 bridgehead atoms. The van der Waals surface area contributed by atoms with Gasteiger partial charge in [-0.05, 0) is 123 Å². The predicted molar refractivity (Wildman–Crippen MR) is 259 cm³/mol. The Morgan fingerprint density at radius 1 is 0.197 bits per heavy atom. The first kappa shape index (κ1) is 35.0. The van der Waals surface area contributed by atoms with Gasteiger partial charge in [-0.15, -0.1) is 0 Å². The van der Waals surface area contributed by atoms with Crippen LogP contribution in [0.4, 0.5) is 0 Å². The maximum Gasteiger partial charge on any atom is 0.135 e. The van der Waals surface area contributed by atoms with Crippen molar-refractivity contribution in [2.45, 2.75) is 0 Å². The minimum absolute atomic E-state index is 0.893. The maximum absolute atomic E-state index is 6.34. The molecule has 1 nitrogen and oxygen atoms in total. The average Bonchev–Trinajstić information content (AvgIpc) is 3.71. The third-order valence-electron chi connectivity index (χ3n) is 12.5. The first-order valence-corrected chi connectivity index (χ1v) is 21.0. The highest BCUT2D eigenvalue weighted by molar-refractivity contribution is 6.26. The molecule has 0 saturated heterocycles. The van der Waals surface area contributed by atoms with Gasteiger partial charge < -0.3 is 4.42 Å². The van der Waals surface area contributed by atoms with Crippen molar-refractivity contribution in [1.29, 1.82) is 0 Å². The van der Waals surface area contributed by atoms with Crippen LogP contribution in [0.1, 0.15) is 0 Å². The Morgan fingerprint density at radius 2 is 0.656 bits per heavy atom. The molecule has 1 heteroatoms. The van der Waals surface area contributed by atoms with Gasteiger partial charge in [0.05, 0.1) is 0 Å². The van der Waals surface area contributed by atoms with Crippen molar-refractivity contribution in [3.8, 4) is 66.8 Å². The lowest BCUT2D eigenvalue weighted by molar-refractivity contribution is 0.669. The first-order chi connectivity index (χ1) is 30.3. The summed E-state index contributed by atoms with van der Waals surface area (Å²) < 4.78 is 6.34. The van der Waals surface area contributed by atoms with E-state index in [1.165, 1.54) is 93.5 Å². The standard InChI is InChI=1S/C60H38O/c1-3-17-39(18-4-1)41-21-15-22-42(37-41)45-30-16-31-46(43-33-36-57-55(38-43)49-25-13-14-32-56(49)61-57)59(45)60-52-28-11-9-26-50(52)58(51-27-10-12-29-53(51)60)54-35-34-44(40-19-5-2-6-20-40)47-23-7-8-24-48(47)54/h1-38H. The molecule has 1 heterocycles. The van der Waals surface area contributed by atoms with Crippen LogP contribution in [0.3, 0.4) is 0 Å². The highest BCUT2D eigenvalue weighted by Crippen LogP contribution is 2.51. The van der Waals surface area contributed by atoms with E-state index < -0.39 is 0 Å². The van der Waals surface area contributed by atoms with Crippen molar-refractivity contribution >= 4 is 54.3 Å². The van der Waals surface area contributed by atoms with E-state index in [9.17, 15) is 0 Å². The number of furan rings is 1. The van der Waals surface area contributed by atoms with Crippen LogP contribution >= 0.6 is 0 Å². The van der Waals surface area contributed by atoms with Crippen LogP contribution in [0.2, 0.25) is 0 Å². The fourth-order valence-electron chi connectivity index (χ4n) is 9.77. The van der Waals surface area contributed by atoms with Gasteiger partial charge in [0.15, 0.2) is 0 Å². The zero-order valence-corrected chi connectivity index (χ0v) is 33.3. The van der Waals surface area contributed by atoms with Crippen molar-refractivity contribution in [2.75, 3.05) is 0 Å². The van der Waals surface area contributed by atoms with Crippen molar-refractivity contribution in [2.24, 2.45) is 0 Å². The van der Waals surface area contributed by atoms with E-state index in [2.05, 4.69) is 224 Å². The fraction of sp³-hybridized carbons (Fsp3) is 0. The Hall–Kier alpha value is -8.00. The molecule has 12 aromatic rings. The second kappa shape index (κ2) is 14.4. The van der Waals surface area contributed by atoms with Gasteiger partial charge in [-0.2, -0.15) is 0 Å². The Kier molecular flexibility index (Phi) is 8.25. The van der Waals surface area contributed by atoms with Crippen LogP contribution in [0.15, 0.2) is 235 Å². The van der Waals surface area contributed by atoms with Gasteiger partial charge in [0, 0.05) is 10.8 Å². The number of rotatable bonds is 6. The predicted octanol–water partition coefficient (Wildman–Crippen LogP) is 17.0. The lowest BCUT2D eigenvalue weighted by Crippen LogP contribution is -1.96. The molecule has 61 heavy (non-hydrogen) atoms. The summed E-state index contributed by atoms with van der Waals surface area (Å²) in [6, 6.07) is 84.0.